The zero-order chi connectivity index (χ0) is 19.0. The summed E-state index contributed by atoms with van der Waals surface area (Å²) >= 11 is 0. The van der Waals surface area contributed by atoms with Crippen molar-refractivity contribution in [1.82, 2.24) is 4.98 Å². The summed E-state index contributed by atoms with van der Waals surface area (Å²) in [5.41, 5.74) is 0.141. The number of nitro groups is 2. The van der Waals surface area contributed by atoms with E-state index in [0.29, 0.717) is 22.7 Å². The van der Waals surface area contributed by atoms with Gasteiger partial charge in [-0.25, -0.2) is 4.98 Å². The third-order valence-corrected chi connectivity index (χ3v) is 3.76. The molecular weight excluding hydrogens is 344 g/mol. The number of carbonyl (C=O) groups is 1. The molecule has 3 rings (SSSR count). The van der Waals surface area contributed by atoms with Crippen molar-refractivity contribution in [3.8, 4) is 0 Å². The number of hydrogen-bond acceptors (Lipinski definition) is 7. The molecule has 0 spiro atoms. The summed E-state index contributed by atoms with van der Waals surface area (Å²) < 4.78 is 5.37. The SMILES string of the molecule is Cc1nc2ccc(NC(=O)c3cc([N+](=O)[O-])c(C)c([N+](=O)[O-])c3)cc2o1. The van der Waals surface area contributed by atoms with Gasteiger partial charge in [-0.3, -0.25) is 25.0 Å². The molecule has 10 heteroatoms. The minimum atomic E-state index is -0.761. The number of amides is 1. The Balaban J connectivity index is 1.97. The summed E-state index contributed by atoms with van der Waals surface area (Å²) in [6.45, 7) is 2.95. The molecule has 1 heterocycles. The first-order valence-corrected chi connectivity index (χ1v) is 7.38. The molecule has 1 amide bonds. The van der Waals surface area contributed by atoms with Gasteiger partial charge in [-0.15, -0.1) is 0 Å². The maximum atomic E-state index is 12.4. The van der Waals surface area contributed by atoms with Gasteiger partial charge in [0.05, 0.1) is 15.4 Å². The van der Waals surface area contributed by atoms with Gasteiger partial charge in [0.2, 0.25) is 0 Å². The van der Waals surface area contributed by atoms with Gasteiger partial charge in [-0.2, -0.15) is 0 Å². The largest absolute Gasteiger partial charge is 0.441 e. The van der Waals surface area contributed by atoms with E-state index in [9.17, 15) is 25.0 Å². The first kappa shape index (κ1) is 17.0. The molecule has 1 aromatic heterocycles. The summed E-state index contributed by atoms with van der Waals surface area (Å²) in [6.07, 6.45) is 0. The Labute approximate surface area is 145 Å². The molecule has 0 aliphatic rings. The molecule has 0 aliphatic heterocycles. The van der Waals surface area contributed by atoms with E-state index in [1.54, 1.807) is 25.1 Å². The van der Waals surface area contributed by atoms with E-state index in [-0.39, 0.29) is 11.1 Å². The van der Waals surface area contributed by atoms with Gasteiger partial charge >= 0.3 is 0 Å². The highest BCUT2D eigenvalue weighted by molar-refractivity contribution is 6.05. The van der Waals surface area contributed by atoms with Gasteiger partial charge in [0.1, 0.15) is 11.1 Å². The fourth-order valence-corrected chi connectivity index (χ4v) is 2.52. The number of rotatable bonds is 4. The molecule has 0 unspecified atom stereocenters. The summed E-state index contributed by atoms with van der Waals surface area (Å²) in [6, 6.07) is 6.79. The maximum absolute atomic E-state index is 12.4. The smallest absolute Gasteiger partial charge is 0.279 e. The molecule has 0 fully saturated rings. The van der Waals surface area contributed by atoms with Crippen molar-refractivity contribution in [3.05, 3.63) is 67.6 Å². The Kier molecular flexibility index (Phi) is 4.08. The highest BCUT2D eigenvalue weighted by Gasteiger charge is 2.25. The molecule has 0 aliphatic carbocycles. The Bertz CT molecular complexity index is 1040. The fourth-order valence-electron chi connectivity index (χ4n) is 2.52. The minimum absolute atomic E-state index is 0.116. The molecule has 0 radical (unpaired) electrons. The average Bonchev–Trinajstić information content (AvgIpc) is 2.93. The molecule has 3 aromatic rings. The summed E-state index contributed by atoms with van der Waals surface area (Å²) in [7, 11) is 0. The number of aryl methyl sites for hydroxylation is 1. The number of aromatic nitrogens is 1. The zero-order valence-corrected chi connectivity index (χ0v) is 13.7. The van der Waals surface area contributed by atoms with E-state index in [4.69, 9.17) is 4.42 Å². The number of anilines is 1. The van der Waals surface area contributed by atoms with Gasteiger partial charge in [0.25, 0.3) is 17.3 Å². The van der Waals surface area contributed by atoms with Crippen LogP contribution in [0.4, 0.5) is 17.1 Å². The van der Waals surface area contributed by atoms with Crippen LogP contribution in [0.2, 0.25) is 0 Å². The van der Waals surface area contributed by atoms with Gasteiger partial charge in [0, 0.05) is 30.8 Å². The van der Waals surface area contributed by atoms with Crippen LogP contribution in [-0.2, 0) is 0 Å². The number of oxazole rings is 1. The topological polar surface area (TPSA) is 141 Å². The predicted molar refractivity (Wildman–Crippen MR) is 91.2 cm³/mol. The second kappa shape index (κ2) is 6.24. The van der Waals surface area contributed by atoms with E-state index in [0.717, 1.165) is 12.1 Å². The van der Waals surface area contributed by atoms with E-state index >= 15 is 0 Å². The van der Waals surface area contributed by atoms with Crippen LogP contribution >= 0.6 is 0 Å². The van der Waals surface area contributed by atoms with E-state index in [2.05, 4.69) is 10.3 Å². The molecule has 26 heavy (non-hydrogen) atoms. The number of nitrogens with one attached hydrogen (secondary N) is 1. The number of nitro benzene ring substituents is 2. The van der Waals surface area contributed by atoms with Crippen LogP contribution in [0.1, 0.15) is 21.8 Å². The highest BCUT2D eigenvalue weighted by atomic mass is 16.6. The van der Waals surface area contributed by atoms with Crippen molar-refractivity contribution < 1.29 is 19.1 Å². The first-order valence-electron chi connectivity index (χ1n) is 7.38. The van der Waals surface area contributed by atoms with Gasteiger partial charge < -0.3 is 9.73 Å². The average molecular weight is 356 g/mol. The van der Waals surface area contributed by atoms with E-state index < -0.39 is 27.1 Å². The second-order valence-electron chi connectivity index (χ2n) is 5.52. The number of fused-ring (bicyclic) bond motifs is 1. The fraction of sp³-hybridized carbons (Fsp3) is 0.125. The number of nitrogens with zero attached hydrogens (tertiary/aromatic N) is 3. The van der Waals surface area contributed by atoms with Gasteiger partial charge in [0.15, 0.2) is 11.5 Å². The minimum Gasteiger partial charge on any atom is -0.441 e. The lowest BCUT2D eigenvalue weighted by Crippen LogP contribution is -2.13. The van der Waals surface area contributed by atoms with Crippen molar-refractivity contribution in [1.29, 1.82) is 0 Å². The third-order valence-electron chi connectivity index (χ3n) is 3.76. The maximum Gasteiger partial charge on any atom is 0.279 e. The van der Waals surface area contributed by atoms with Crippen molar-refractivity contribution >= 4 is 34.1 Å². The first-order chi connectivity index (χ1) is 12.3. The number of hydrogen-bond donors (Lipinski definition) is 1. The van der Waals surface area contributed by atoms with Crippen LogP contribution in [0.15, 0.2) is 34.7 Å². The normalized spacial score (nSPS) is 10.7. The Morgan fingerprint density at radius 3 is 2.27 bits per heavy atom. The molecule has 0 saturated carbocycles. The quantitative estimate of drug-likeness (QED) is 0.556. The monoisotopic (exact) mass is 356 g/mol. The Morgan fingerprint density at radius 1 is 1.08 bits per heavy atom. The van der Waals surface area contributed by atoms with Crippen LogP contribution in [0.3, 0.4) is 0 Å². The number of carbonyl (C=O) groups excluding carboxylic acids is 1. The van der Waals surface area contributed by atoms with Crippen LogP contribution in [0, 0.1) is 34.1 Å². The lowest BCUT2D eigenvalue weighted by Gasteiger charge is -2.06. The van der Waals surface area contributed by atoms with Gasteiger partial charge in [-0.1, -0.05) is 0 Å². The van der Waals surface area contributed by atoms with Crippen molar-refractivity contribution in [2.45, 2.75) is 13.8 Å². The zero-order valence-electron chi connectivity index (χ0n) is 13.7. The predicted octanol–water partition coefficient (Wildman–Crippen LogP) is 3.51. The van der Waals surface area contributed by atoms with Gasteiger partial charge in [-0.05, 0) is 19.1 Å². The Hall–Kier alpha value is -3.82. The molecule has 132 valence electrons. The summed E-state index contributed by atoms with van der Waals surface area (Å²) in [5, 5.41) is 24.8. The van der Waals surface area contributed by atoms with Crippen LogP contribution in [-0.4, -0.2) is 20.7 Å². The van der Waals surface area contributed by atoms with E-state index in [1.807, 2.05) is 0 Å². The molecule has 2 aromatic carbocycles. The molecule has 0 bridgehead atoms. The van der Waals surface area contributed by atoms with Crippen LogP contribution in [0.5, 0.6) is 0 Å². The second-order valence-corrected chi connectivity index (χ2v) is 5.52. The molecule has 10 nitrogen and oxygen atoms in total. The molecule has 0 atom stereocenters. The number of benzene rings is 2. The third kappa shape index (κ3) is 3.07. The van der Waals surface area contributed by atoms with Crippen molar-refractivity contribution in [3.63, 3.8) is 0 Å². The standard InChI is InChI=1S/C16H12N4O6/c1-8-13(19(22)23)5-10(6-14(8)20(24)25)16(21)18-11-3-4-12-15(7-11)26-9(2)17-12/h3-7H,1-2H3,(H,18,21). The van der Waals surface area contributed by atoms with Crippen LogP contribution in [0.25, 0.3) is 11.1 Å². The lowest BCUT2D eigenvalue weighted by molar-refractivity contribution is -0.395. The highest BCUT2D eigenvalue weighted by Crippen LogP contribution is 2.30. The lowest BCUT2D eigenvalue weighted by atomic mass is 10.1. The van der Waals surface area contributed by atoms with Crippen LogP contribution < -0.4 is 5.32 Å². The molecule has 1 N–H and O–H groups in total. The van der Waals surface area contributed by atoms with Crippen molar-refractivity contribution in [2.24, 2.45) is 0 Å². The Morgan fingerprint density at radius 2 is 1.69 bits per heavy atom. The van der Waals surface area contributed by atoms with E-state index in [1.165, 1.54) is 6.92 Å². The summed E-state index contributed by atoms with van der Waals surface area (Å²) in [4.78, 5) is 37.2. The summed E-state index contributed by atoms with van der Waals surface area (Å²) in [5.74, 6) is -0.250. The molecular formula is C16H12N4O6. The van der Waals surface area contributed by atoms with Crippen molar-refractivity contribution in [2.75, 3.05) is 5.32 Å². The molecule has 0 saturated heterocycles.